The van der Waals surface area contributed by atoms with Gasteiger partial charge in [0.1, 0.15) is 12.2 Å². The Labute approximate surface area is 116 Å². The van der Waals surface area contributed by atoms with Gasteiger partial charge in [-0.15, -0.1) is 5.10 Å². The molecule has 0 unspecified atom stereocenters. The van der Waals surface area contributed by atoms with Crippen LogP contribution in [0.15, 0.2) is 6.20 Å². The summed E-state index contributed by atoms with van der Waals surface area (Å²) < 4.78 is 1.18. The van der Waals surface area contributed by atoms with Crippen molar-refractivity contribution in [1.82, 2.24) is 25.2 Å². The fourth-order valence-corrected chi connectivity index (χ4v) is 1.61. The lowest BCUT2D eigenvalue weighted by Crippen LogP contribution is -2.45. The monoisotopic (exact) mass is 285 g/mol. The second-order valence-electron chi connectivity index (χ2n) is 4.47. The van der Waals surface area contributed by atoms with E-state index in [1.54, 1.807) is 0 Å². The number of carboxylic acid groups (broad SMARTS) is 1. The first-order chi connectivity index (χ1) is 9.43. The van der Waals surface area contributed by atoms with Crippen LogP contribution in [0.2, 0.25) is 0 Å². The molecule has 0 aromatic carbocycles. The molecule has 0 radical (unpaired) electrons. The number of urea groups is 1. The van der Waals surface area contributed by atoms with Crippen molar-refractivity contribution in [1.29, 1.82) is 0 Å². The molecule has 0 fully saturated rings. The molecule has 2 amide bonds. The second kappa shape index (κ2) is 7.43. The molecule has 1 rings (SSSR count). The Balaban J connectivity index is 2.51. The maximum atomic E-state index is 11.9. The van der Waals surface area contributed by atoms with Gasteiger partial charge in [-0.25, -0.2) is 9.48 Å². The largest absolute Gasteiger partial charge is 0.480 e. The molecule has 0 aliphatic heterocycles. The molecule has 0 aliphatic rings. The Hall–Kier alpha value is -2.16. The molecule has 9 heteroatoms. The minimum Gasteiger partial charge on any atom is -0.480 e. The van der Waals surface area contributed by atoms with Gasteiger partial charge in [0, 0.05) is 12.6 Å². The van der Waals surface area contributed by atoms with Crippen LogP contribution in [0, 0.1) is 0 Å². The molecule has 3 N–H and O–H groups in total. The van der Waals surface area contributed by atoms with E-state index in [0.29, 0.717) is 5.69 Å². The SMILES string of the molecule is CC(C)N(CCO)C(=O)NCc1cn(CC(=O)O)nn1. The van der Waals surface area contributed by atoms with Gasteiger partial charge >= 0.3 is 12.0 Å². The third kappa shape index (κ3) is 4.84. The molecule has 0 saturated heterocycles. The standard InChI is InChI=1S/C11H19N5O4/c1-8(2)16(3-4-17)11(20)12-5-9-6-15(14-13-9)7-10(18)19/h6,8,17H,3-5,7H2,1-2H3,(H,12,20)(H,18,19). The predicted octanol–water partition coefficient (Wildman–Crippen LogP) is -0.725. The van der Waals surface area contributed by atoms with Crippen molar-refractivity contribution in [2.75, 3.05) is 13.2 Å². The van der Waals surface area contributed by atoms with Gasteiger partial charge < -0.3 is 20.4 Å². The number of nitrogens with one attached hydrogen (secondary N) is 1. The molecule has 0 atom stereocenters. The lowest BCUT2D eigenvalue weighted by atomic mass is 10.3. The molecule has 1 aromatic rings. The topological polar surface area (TPSA) is 121 Å². The van der Waals surface area contributed by atoms with Gasteiger partial charge in [-0.3, -0.25) is 4.79 Å². The minimum atomic E-state index is -1.01. The molecule has 0 bridgehead atoms. The van der Waals surface area contributed by atoms with E-state index < -0.39 is 5.97 Å². The Morgan fingerprint density at radius 1 is 1.50 bits per heavy atom. The summed E-state index contributed by atoms with van der Waals surface area (Å²) in [5, 5.41) is 27.5. The van der Waals surface area contributed by atoms with Crippen LogP contribution < -0.4 is 5.32 Å². The Bertz CT molecular complexity index is 459. The summed E-state index contributed by atoms with van der Waals surface area (Å²) in [4.78, 5) is 23.9. The molecule has 0 aliphatic carbocycles. The van der Waals surface area contributed by atoms with Gasteiger partial charge in [-0.1, -0.05) is 5.21 Å². The lowest BCUT2D eigenvalue weighted by Gasteiger charge is -2.25. The average Bonchev–Trinajstić information content (AvgIpc) is 2.79. The van der Waals surface area contributed by atoms with E-state index in [-0.39, 0.29) is 38.3 Å². The highest BCUT2D eigenvalue weighted by molar-refractivity contribution is 5.74. The van der Waals surface area contributed by atoms with Crippen molar-refractivity contribution in [3.05, 3.63) is 11.9 Å². The smallest absolute Gasteiger partial charge is 0.325 e. The van der Waals surface area contributed by atoms with Crippen molar-refractivity contribution in [3.8, 4) is 0 Å². The molecule has 112 valence electrons. The fourth-order valence-electron chi connectivity index (χ4n) is 1.61. The predicted molar refractivity (Wildman–Crippen MR) is 68.8 cm³/mol. The van der Waals surface area contributed by atoms with Gasteiger partial charge in [0.05, 0.1) is 19.3 Å². The molecule has 1 heterocycles. The molecule has 0 saturated carbocycles. The third-order valence-corrected chi connectivity index (χ3v) is 2.53. The summed E-state index contributed by atoms with van der Waals surface area (Å²) in [7, 11) is 0. The number of carbonyl (C=O) groups is 2. The van der Waals surface area contributed by atoms with Crippen LogP contribution in [-0.2, 0) is 17.9 Å². The number of aliphatic hydroxyl groups is 1. The Morgan fingerprint density at radius 2 is 2.20 bits per heavy atom. The van der Waals surface area contributed by atoms with Crippen molar-refractivity contribution in [2.24, 2.45) is 0 Å². The van der Waals surface area contributed by atoms with Crippen molar-refractivity contribution in [2.45, 2.75) is 33.0 Å². The van der Waals surface area contributed by atoms with Gasteiger partial charge in [-0.2, -0.15) is 0 Å². The van der Waals surface area contributed by atoms with Crippen LogP contribution in [0.3, 0.4) is 0 Å². The third-order valence-electron chi connectivity index (χ3n) is 2.53. The van der Waals surface area contributed by atoms with E-state index in [1.165, 1.54) is 15.8 Å². The first kappa shape index (κ1) is 15.9. The van der Waals surface area contributed by atoms with Crippen molar-refractivity contribution in [3.63, 3.8) is 0 Å². The number of nitrogens with zero attached hydrogens (tertiary/aromatic N) is 4. The van der Waals surface area contributed by atoms with Gasteiger partial charge in [0.2, 0.25) is 0 Å². The number of aliphatic carboxylic acids is 1. The van der Waals surface area contributed by atoms with Crippen LogP contribution in [0.4, 0.5) is 4.79 Å². The summed E-state index contributed by atoms with van der Waals surface area (Å²) in [6.45, 7) is 3.70. The van der Waals surface area contributed by atoms with E-state index in [1.807, 2.05) is 13.8 Å². The van der Waals surface area contributed by atoms with Gasteiger partial charge in [-0.05, 0) is 13.8 Å². The minimum absolute atomic E-state index is 0.0372. The first-order valence-corrected chi connectivity index (χ1v) is 6.20. The van der Waals surface area contributed by atoms with E-state index in [2.05, 4.69) is 15.6 Å². The first-order valence-electron chi connectivity index (χ1n) is 6.20. The summed E-state index contributed by atoms with van der Waals surface area (Å²) in [5.74, 6) is -1.01. The van der Waals surface area contributed by atoms with Crippen LogP contribution in [-0.4, -0.2) is 61.3 Å². The quantitative estimate of drug-likeness (QED) is 0.607. The molecule has 9 nitrogen and oxygen atoms in total. The Morgan fingerprint density at radius 3 is 2.75 bits per heavy atom. The van der Waals surface area contributed by atoms with E-state index in [0.717, 1.165) is 0 Å². The highest BCUT2D eigenvalue weighted by Gasteiger charge is 2.16. The Kier molecular flexibility index (Phi) is 5.91. The lowest BCUT2D eigenvalue weighted by molar-refractivity contribution is -0.137. The number of aromatic nitrogens is 3. The maximum absolute atomic E-state index is 11.9. The summed E-state index contributed by atoms with van der Waals surface area (Å²) >= 11 is 0. The van der Waals surface area contributed by atoms with Crippen molar-refractivity contribution < 1.29 is 19.8 Å². The van der Waals surface area contributed by atoms with Gasteiger partial charge in [0.15, 0.2) is 0 Å². The van der Waals surface area contributed by atoms with Crippen LogP contribution in [0.5, 0.6) is 0 Å². The highest BCUT2D eigenvalue weighted by atomic mass is 16.4. The van der Waals surface area contributed by atoms with E-state index in [4.69, 9.17) is 10.2 Å². The van der Waals surface area contributed by atoms with Gasteiger partial charge in [0.25, 0.3) is 0 Å². The van der Waals surface area contributed by atoms with Crippen LogP contribution >= 0.6 is 0 Å². The highest BCUT2D eigenvalue weighted by Crippen LogP contribution is 1.99. The number of aliphatic hydroxyl groups excluding tert-OH is 1. The number of rotatable bonds is 7. The number of carboxylic acids is 1. The van der Waals surface area contributed by atoms with E-state index >= 15 is 0 Å². The second-order valence-corrected chi connectivity index (χ2v) is 4.47. The molecular weight excluding hydrogens is 266 g/mol. The normalized spacial score (nSPS) is 10.6. The van der Waals surface area contributed by atoms with Crippen LogP contribution in [0.1, 0.15) is 19.5 Å². The summed E-state index contributed by atoms with van der Waals surface area (Å²) in [6, 6.07) is -0.355. The zero-order valence-corrected chi connectivity index (χ0v) is 11.5. The summed E-state index contributed by atoms with van der Waals surface area (Å²) in [6.07, 6.45) is 1.46. The zero-order chi connectivity index (χ0) is 15.1. The molecule has 1 aromatic heterocycles. The summed E-state index contributed by atoms with van der Waals surface area (Å²) in [5.41, 5.74) is 0.465. The maximum Gasteiger partial charge on any atom is 0.325 e. The fraction of sp³-hybridized carbons (Fsp3) is 0.636. The van der Waals surface area contributed by atoms with E-state index in [9.17, 15) is 9.59 Å². The number of hydrogen-bond acceptors (Lipinski definition) is 5. The molecular formula is C11H19N5O4. The van der Waals surface area contributed by atoms with Crippen molar-refractivity contribution >= 4 is 12.0 Å². The zero-order valence-electron chi connectivity index (χ0n) is 11.5. The number of hydrogen-bond donors (Lipinski definition) is 3. The average molecular weight is 285 g/mol. The molecule has 0 spiro atoms. The number of carbonyl (C=O) groups excluding carboxylic acids is 1. The molecule has 20 heavy (non-hydrogen) atoms. The van der Waals surface area contributed by atoms with Crippen LogP contribution in [0.25, 0.3) is 0 Å². The number of amides is 2.